The zero-order valence-corrected chi connectivity index (χ0v) is 10.9. The Balaban J connectivity index is 2.25. The van der Waals surface area contributed by atoms with Gasteiger partial charge in [-0.3, -0.25) is 9.79 Å². The van der Waals surface area contributed by atoms with Crippen LogP contribution in [0.1, 0.15) is 5.56 Å². The molecule has 1 aromatic carbocycles. The maximum Gasteiger partial charge on any atom is 0.264 e. The highest BCUT2D eigenvalue weighted by Gasteiger charge is 2.22. The summed E-state index contributed by atoms with van der Waals surface area (Å²) in [6.45, 7) is 0. The number of nitrogens with one attached hydrogen (secondary N) is 1. The minimum Gasteiger partial charge on any atom is -0.301 e. The highest BCUT2D eigenvalue weighted by atomic mass is 79.9. The predicted molar refractivity (Wildman–Crippen MR) is 71.2 cm³/mol. The standard InChI is InChI=1S/C11H9BrN2OS/c1-13-11-14-10(15)9(16-11)6-7-2-4-8(12)5-3-7/h2-6H,1H3,(H,13,14,15). The maximum atomic E-state index is 11.5. The first kappa shape index (κ1) is 11.4. The lowest BCUT2D eigenvalue weighted by molar-refractivity contribution is -0.115. The minimum absolute atomic E-state index is 0.0893. The van der Waals surface area contributed by atoms with Crippen molar-refractivity contribution in [2.24, 2.45) is 4.99 Å². The lowest BCUT2D eigenvalue weighted by Crippen LogP contribution is -2.19. The average Bonchev–Trinajstić information content (AvgIpc) is 2.63. The van der Waals surface area contributed by atoms with Crippen molar-refractivity contribution >= 4 is 44.8 Å². The molecule has 82 valence electrons. The van der Waals surface area contributed by atoms with Crippen molar-refractivity contribution in [1.82, 2.24) is 5.32 Å². The molecule has 0 aliphatic carbocycles. The molecular formula is C11H9BrN2OS. The lowest BCUT2D eigenvalue weighted by Gasteiger charge is -1.95. The molecule has 0 unspecified atom stereocenters. The number of carbonyl (C=O) groups excluding carboxylic acids is 1. The number of carbonyl (C=O) groups is 1. The molecule has 16 heavy (non-hydrogen) atoms. The van der Waals surface area contributed by atoms with Crippen LogP contribution in [0.2, 0.25) is 0 Å². The molecule has 1 heterocycles. The van der Waals surface area contributed by atoms with Crippen LogP contribution in [-0.2, 0) is 4.79 Å². The van der Waals surface area contributed by atoms with E-state index in [0.29, 0.717) is 10.1 Å². The van der Waals surface area contributed by atoms with Crippen molar-refractivity contribution in [2.75, 3.05) is 7.05 Å². The van der Waals surface area contributed by atoms with Gasteiger partial charge in [-0.2, -0.15) is 0 Å². The first-order valence-electron chi connectivity index (χ1n) is 4.62. The molecule has 5 heteroatoms. The van der Waals surface area contributed by atoms with Gasteiger partial charge in [-0.1, -0.05) is 28.1 Å². The Hall–Kier alpha value is -1.07. The fourth-order valence-electron chi connectivity index (χ4n) is 1.24. The van der Waals surface area contributed by atoms with Crippen molar-refractivity contribution in [3.05, 3.63) is 39.2 Å². The molecule has 1 aliphatic heterocycles. The van der Waals surface area contributed by atoms with E-state index in [1.54, 1.807) is 7.05 Å². The Morgan fingerprint density at radius 1 is 1.38 bits per heavy atom. The Bertz CT molecular complexity index is 479. The Kier molecular flexibility index (Phi) is 3.46. The summed E-state index contributed by atoms with van der Waals surface area (Å²) in [7, 11) is 1.66. The third-order valence-electron chi connectivity index (χ3n) is 2.02. The molecule has 1 saturated heterocycles. The molecule has 2 rings (SSSR count). The van der Waals surface area contributed by atoms with Gasteiger partial charge in [0.15, 0.2) is 5.17 Å². The molecule has 0 radical (unpaired) electrons. The summed E-state index contributed by atoms with van der Waals surface area (Å²) >= 11 is 4.72. The van der Waals surface area contributed by atoms with E-state index in [1.165, 1.54) is 11.8 Å². The summed E-state index contributed by atoms with van der Waals surface area (Å²) in [6, 6.07) is 7.79. The maximum absolute atomic E-state index is 11.5. The predicted octanol–water partition coefficient (Wildman–Crippen LogP) is 2.64. The van der Waals surface area contributed by atoms with Gasteiger partial charge in [0.1, 0.15) is 0 Å². The minimum atomic E-state index is -0.0893. The molecule has 3 nitrogen and oxygen atoms in total. The van der Waals surface area contributed by atoms with Gasteiger partial charge in [0.25, 0.3) is 5.91 Å². The summed E-state index contributed by atoms with van der Waals surface area (Å²) in [6.07, 6.45) is 1.85. The molecular weight excluding hydrogens is 288 g/mol. The van der Waals surface area contributed by atoms with E-state index in [-0.39, 0.29) is 5.91 Å². The highest BCUT2D eigenvalue weighted by molar-refractivity contribution is 9.10. The van der Waals surface area contributed by atoms with Gasteiger partial charge in [-0.15, -0.1) is 0 Å². The van der Waals surface area contributed by atoms with E-state index >= 15 is 0 Å². The third-order valence-corrected chi connectivity index (χ3v) is 3.55. The Morgan fingerprint density at radius 3 is 2.62 bits per heavy atom. The zero-order valence-electron chi connectivity index (χ0n) is 8.53. The summed E-state index contributed by atoms with van der Waals surface area (Å²) in [4.78, 5) is 16.1. The van der Waals surface area contributed by atoms with Crippen LogP contribution >= 0.6 is 27.7 Å². The zero-order chi connectivity index (χ0) is 11.5. The summed E-state index contributed by atoms with van der Waals surface area (Å²) in [5.41, 5.74) is 0.998. The second kappa shape index (κ2) is 4.84. The number of hydrogen-bond acceptors (Lipinski definition) is 3. The van der Waals surface area contributed by atoms with Crippen LogP contribution in [-0.4, -0.2) is 18.1 Å². The number of amidine groups is 1. The molecule has 0 bridgehead atoms. The first-order chi connectivity index (χ1) is 7.69. The second-order valence-electron chi connectivity index (χ2n) is 3.15. The van der Waals surface area contributed by atoms with E-state index < -0.39 is 0 Å². The van der Waals surface area contributed by atoms with E-state index in [9.17, 15) is 4.79 Å². The molecule has 0 atom stereocenters. The fourth-order valence-corrected chi connectivity index (χ4v) is 2.29. The average molecular weight is 297 g/mol. The second-order valence-corrected chi connectivity index (χ2v) is 5.09. The summed E-state index contributed by atoms with van der Waals surface area (Å²) in [5, 5.41) is 3.33. The topological polar surface area (TPSA) is 41.5 Å². The van der Waals surface area contributed by atoms with Crippen molar-refractivity contribution in [2.45, 2.75) is 0 Å². The van der Waals surface area contributed by atoms with Crippen LogP contribution < -0.4 is 5.32 Å². The molecule has 0 spiro atoms. The normalized spacial score (nSPS) is 20.5. The number of hydrogen-bond donors (Lipinski definition) is 1. The Labute approximate surface area is 106 Å². The van der Waals surface area contributed by atoms with Gasteiger partial charge in [-0.25, -0.2) is 0 Å². The van der Waals surface area contributed by atoms with Crippen LogP contribution in [0.4, 0.5) is 0 Å². The number of aliphatic imine (C=N–C) groups is 1. The monoisotopic (exact) mass is 296 g/mol. The number of amides is 1. The van der Waals surface area contributed by atoms with Crippen LogP contribution in [0.3, 0.4) is 0 Å². The van der Waals surface area contributed by atoms with Crippen molar-refractivity contribution in [3.8, 4) is 0 Å². The fraction of sp³-hybridized carbons (Fsp3) is 0.0909. The van der Waals surface area contributed by atoms with Crippen LogP contribution in [0, 0.1) is 0 Å². The van der Waals surface area contributed by atoms with E-state index in [1.807, 2.05) is 30.3 Å². The van der Waals surface area contributed by atoms with Crippen LogP contribution in [0.5, 0.6) is 0 Å². The van der Waals surface area contributed by atoms with E-state index in [0.717, 1.165) is 10.0 Å². The van der Waals surface area contributed by atoms with Gasteiger partial charge in [-0.05, 0) is 35.5 Å². The summed E-state index contributed by atoms with van der Waals surface area (Å²) < 4.78 is 1.02. The smallest absolute Gasteiger partial charge is 0.264 e. The Morgan fingerprint density at radius 2 is 2.06 bits per heavy atom. The summed E-state index contributed by atoms with van der Waals surface area (Å²) in [5.74, 6) is -0.0893. The number of nitrogens with zero attached hydrogens (tertiary/aromatic N) is 1. The van der Waals surface area contributed by atoms with Gasteiger partial charge < -0.3 is 5.32 Å². The molecule has 1 N–H and O–H groups in total. The van der Waals surface area contributed by atoms with Crippen molar-refractivity contribution in [1.29, 1.82) is 0 Å². The number of thioether (sulfide) groups is 1. The first-order valence-corrected chi connectivity index (χ1v) is 6.23. The molecule has 1 aliphatic rings. The molecule has 0 aromatic heterocycles. The third kappa shape index (κ3) is 2.54. The van der Waals surface area contributed by atoms with E-state index in [4.69, 9.17) is 0 Å². The molecule has 1 aromatic rings. The number of rotatable bonds is 1. The molecule has 1 fully saturated rings. The molecule has 1 amide bonds. The van der Waals surface area contributed by atoms with Gasteiger partial charge in [0.05, 0.1) is 4.91 Å². The van der Waals surface area contributed by atoms with Gasteiger partial charge in [0.2, 0.25) is 0 Å². The van der Waals surface area contributed by atoms with Crippen LogP contribution in [0.15, 0.2) is 38.6 Å². The van der Waals surface area contributed by atoms with Crippen molar-refractivity contribution < 1.29 is 4.79 Å². The number of benzene rings is 1. The largest absolute Gasteiger partial charge is 0.301 e. The van der Waals surface area contributed by atoms with Gasteiger partial charge in [0, 0.05) is 11.5 Å². The van der Waals surface area contributed by atoms with Crippen molar-refractivity contribution in [3.63, 3.8) is 0 Å². The lowest BCUT2D eigenvalue weighted by atomic mass is 10.2. The quantitative estimate of drug-likeness (QED) is 0.810. The van der Waals surface area contributed by atoms with E-state index in [2.05, 4.69) is 26.2 Å². The highest BCUT2D eigenvalue weighted by Crippen LogP contribution is 2.26. The van der Waals surface area contributed by atoms with Gasteiger partial charge >= 0.3 is 0 Å². The SMILES string of the molecule is CN=C1NC(=O)C(=Cc2ccc(Br)cc2)S1. The molecule has 0 saturated carbocycles. The number of halogens is 1. The van der Waals surface area contributed by atoms with Crippen LogP contribution in [0.25, 0.3) is 6.08 Å².